The van der Waals surface area contributed by atoms with Crippen molar-refractivity contribution >= 4 is 40.8 Å². The SMILES string of the molecule is CO[C@@H]1C[C@H](C(=O)Nc2cc(C(N)(CCC3CC3)C3=NC=CC=CC3)ccc2F)N(C(=O)Nc2ccc(Cl)cn2)C1. The fourth-order valence-electron chi connectivity index (χ4n) is 5.27. The summed E-state index contributed by atoms with van der Waals surface area (Å²) in [5.41, 5.74) is 7.58. The third kappa shape index (κ3) is 6.83. The van der Waals surface area contributed by atoms with Gasteiger partial charge in [-0.1, -0.05) is 42.7 Å². The highest BCUT2D eigenvalue weighted by Crippen LogP contribution is 2.39. The second kappa shape index (κ2) is 12.5. The lowest BCUT2D eigenvalue weighted by atomic mass is 9.79. The molecule has 0 radical (unpaired) electrons. The smallest absolute Gasteiger partial charge is 0.323 e. The van der Waals surface area contributed by atoms with Gasteiger partial charge >= 0.3 is 6.03 Å². The summed E-state index contributed by atoms with van der Waals surface area (Å²) in [4.78, 5) is 36.7. The molecule has 216 valence electrons. The van der Waals surface area contributed by atoms with Crippen LogP contribution in [0.5, 0.6) is 0 Å². The molecule has 9 nitrogen and oxygen atoms in total. The monoisotopic (exact) mass is 580 g/mol. The molecule has 1 aromatic heterocycles. The van der Waals surface area contributed by atoms with Crippen LogP contribution in [0, 0.1) is 11.7 Å². The zero-order valence-electron chi connectivity index (χ0n) is 22.9. The van der Waals surface area contributed by atoms with Crippen LogP contribution < -0.4 is 16.4 Å². The maximum atomic E-state index is 15.1. The van der Waals surface area contributed by atoms with Crippen LogP contribution >= 0.6 is 11.6 Å². The Bertz CT molecular complexity index is 1380. The van der Waals surface area contributed by atoms with Gasteiger partial charge in [-0.25, -0.2) is 14.2 Å². The average molecular weight is 581 g/mol. The maximum Gasteiger partial charge on any atom is 0.323 e. The molecule has 1 saturated heterocycles. The Hall–Kier alpha value is -3.60. The molecule has 3 aliphatic rings. The van der Waals surface area contributed by atoms with Gasteiger partial charge in [-0.05, 0) is 54.7 Å². The van der Waals surface area contributed by atoms with E-state index in [2.05, 4.69) is 20.6 Å². The van der Waals surface area contributed by atoms with Crippen molar-refractivity contribution < 1.29 is 18.7 Å². The Kier molecular flexibility index (Phi) is 8.82. The third-order valence-corrected chi connectivity index (χ3v) is 8.12. The van der Waals surface area contributed by atoms with Crippen molar-refractivity contribution in [3.05, 3.63) is 77.4 Å². The lowest BCUT2D eigenvalue weighted by molar-refractivity contribution is -0.119. The Morgan fingerprint density at radius 2 is 2.05 bits per heavy atom. The molecule has 41 heavy (non-hydrogen) atoms. The van der Waals surface area contributed by atoms with Crippen LogP contribution in [0.1, 0.15) is 44.1 Å². The minimum Gasteiger partial charge on any atom is -0.380 e. The number of pyridine rings is 1. The summed E-state index contributed by atoms with van der Waals surface area (Å²) in [5, 5.41) is 5.82. The van der Waals surface area contributed by atoms with Crippen LogP contribution in [0.3, 0.4) is 0 Å². The summed E-state index contributed by atoms with van der Waals surface area (Å²) in [5.74, 6) is -0.198. The summed E-state index contributed by atoms with van der Waals surface area (Å²) >= 11 is 5.89. The molecule has 2 fully saturated rings. The zero-order valence-corrected chi connectivity index (χ0v) is 23.6. The summed E-state index contributed by atoms with van der Waals surface area (Å²) in [6, 6.07) is 6.31. The molecule has 1 aliphatic carbocycles. The molecule has 2 aliphatic heterocycles. The number of aromatic nitrogens is 1. The van der Waals surface area contributed by atoms with E-state index < -0.39 is 29.3 Å². The van der Waals surface area contributed by atoms with Gasteiger partial charge < -0.3 is 20.7 Å². The predicted molar refractivity (Wildman–Crippen MR) is 157 cm³/mol. The largest absolute Gasteiger partial charge is 0.380 e. The number of hydrogen-bond acceptors (Lipinski definition) is 6. The number of amides is 3. The van der Waals surface area contributed by atoms with Gasteiger partial charge in [-0.2, -0.15) is 0 Å². The number of methoxy groups -OCH3 is 1. The minimum absolute atomic E-state index is 0.00496. The predicted octanol–water partition coefficient (Wildman–Crippen LogP) is 5.39. The maximum absolute atomic E-state index is 15.1. The van der Waals surface area contributed by atoms with Gasteiger partial charge in [0.2, 0.25) is 5.91 Å². The molecule has 0 spiro atoms. The van der Waals surface area contributed by atoms with E-state index in [-0.39, 0.29) is 30.6 Å². The van der Waals surface area contributed by atoms with Crippen LogP contribution in [-0.4, -0.2) is 53.3 Å². The van der Waals surface area contributed by atoms with Crippen molar-refractivity contribution in [3.63, 3.8) is 0 Å². The lowest BCUT2D eigenvalue weighted by Gasteiger charge is -2.32. The second-order valence-corrected chi connectivity index (χ2v) is 11.2. The number of hydrogen-bond donors (Lipinski definition) is 3. The van der Waals surface area contributed by atoms with Crippen molar-refractivity contribution in [1.82, 2.24) is 9.88 Å². The topological polar surface area (TPSA) is 122 Å². The molecule has 3 atom stereocenters. The summed E-state index contributed by atoms with van der Waals surface area (Å²) < 4.78 is 20.6. The number of benzene rings is 1. The molecule has 2 aromatic rings. The number of halogens is 2. The molecular formula is C30H34ClFN6O3. The van der Waals surface area contributed by atoms with Crippen LogP contribution in [0.15, 0.2) is 65.9 Å². The third-order valence-electron chi connectivity index (χ3n) is 7.89. The van der Waals surface area contributed by atoms with Crippen molar-refractivity contribution in [1.29, 1.82) is 0 Å². The van der Waals surface area contributed by atoms with Gasteiger partial charge in [0.05, 0.1) is 22.4 Å². The van der Waals surface area contributed by atoms with E-state index in [9.17, 15) is 9.59 Å². The second-order valence-electron chi connectivity index (χ2n) is 10.7. The van der Waals surface area contributed by atoms with Crippen LogP contribution in [0.2, 0.25) is 5.02 Å². The molecular weight excluding hydrogens is 547 g/mol. The van der Waals surface area contributed by atoms with E-state index in [1.165, 1.54) is 37.1 Å². The van der Waals surface area contributed by atoms with Crippen molar-refractivity contribution in [2.45, 2.75) is 56.2 Å². The first-order valence-electron chi connectivity index (χ1n) is 13.8. The van der Waals surface area contributed by atoms with Gasteiger partial charge in [-0.3, -0.25) is 15.1 Å². The van der Waals surface area contributed by atoms with Crippen LogP contribution in [-0.2, 0) is 15.1 Å². The molecule has 0 bridgehead atoms. The number of nitrogens with one attached hydrogen (secondary N) is 2. The number of carbonyl (C=O) groups excluding carboxylic acids is 2. The normalized spacial score (nSPS) is 21.7. The van der Waals surface area contributed by atoms with Gasteiger partial charge in [-0.15, -0.1) is 0 Å². The molecule has 3 amide bonds. The number of ether oxygens (including phenoxy) is 1. The van der Waals surface area contributed by atoms with E-state index in [1.807, 2.05) is 18.2 Å². The first-order chi connectivity index (χ1) is 19.8. The Morgan fingerprint density at radius 1 is 1.22 bits per heavy atom. The number of allylic oxidation sites excluding steroid dienone is 3. The number of nitrogens with two attached hydrogens (primary N) is 1. The Labute approximate surface area is 243 Å². The molecule has 3 heterocycles. The molecule has 1 unspecified atom stereocenters. The highest BCUT2D eigenvalue weighted by Gasteiger charge is 2.41. The number of likely N-dealkylation sites (tertiary alicyclic amines) is 1. The van der Waals surface area contributed by atoms with E-state index in [4.69, 9.17) is 22.1 Å². The quantitative estimate of drug-likeness (QED) is 0.367. The average Bonchev–Trinajstić information content (AvgIpc) is 3.76. The van der Waals surface area contributed by atoms with Crippen molar-refractivity contribution in [2.24, 2.45) is 16.6 Å². The summed E-state index contributed by atoms with van der Waals surface area (Å²) in [7, 11) is 1.52. The van der Waals surface area contributed by atoms with Crippen molar-refractivity contribution in [3.8, 4) is 0 Å². The number of urea groups is 1. The first-order valence-corrected chi connectivity index (χ1v) is 14.1. The fourth-order valence-corrected chi connectivity index (χ4v) is 5.38. The van der Waals surface area contributed by atoms with Gasteiger partial charge in [0.1, 0.15) is 17.7 Å². The molecule has 5 rings (SSSR count). The fraction of sp³-hybridized carbons (Fsp3) is 0.400. The number of anilines is 2. The van der Waals surface area contributed by atoms with E-state index in [0.717, 1.165) is 12.1 Å². The highest BCUT2D eigenvalue weighted by atomic mass is 35.5. The van der Waals surface area contributed by atoms with Gasteiger partial charge in [0, 0.05) is 44.6 Å². The number of rotatable bonds is 9. The standard InChI is InChI=1S/C30H34ClFN6O3/c1-41-22-16-25(38(18-22)29(40)37-27-11-9-21(31)17-35-27)28(39)36-24-15-20(8-10-23(24)32)30(33,13-12-19-6-7-19)26-5-3-2-4-14-34-26/h2-4,8-11,14-15,17,19,22,25H,5-7,12-13,16,18,33H2,1H3,(H,36,39)(H,35,37,40)/t22-,25-,30?/m1/s1. The van der Waals surface area contributed by atoms with E-state index >= 15 is 4.39 Å². The Balaban J connectivity index is 1.37. The van der Waals surface area contributed by atoms with Gasteiger partial charge in [0.15, 0.2) is 0 Å². The lowest BCUT2D eigenvalue weighted by Crippen LogP contribution is -2.46. The minimum atomic E-state index is -0.930. The molecule has 4 N–H and O–H groups in total. The first kappa shape index (κ1) is 28.9. The van der Waals surface area contributed by atoms with Gasteiger partial charge in [0.25, 0.3) is 0 Å². The van der Waals surface area contributed by atoms with E-state index in [1.54, 1.807) is 30.5 Å². The molecule has 1 aromatic carbocycles. The highest BCUT2D eigenvalue weighted by molar-refractivity contribution is 6.30. The molecule has 11 heteroatoms. The van der Waals surface area contributed by atoms with Crippen LogP contribution in [0.4, 0.5) is 20.7 Å². The number of aliphatic imine (C=N–C) groups is 1. The summed E-state index contributed by atoms with van der Waals surface area (Å²) in [6.45, 7) is 0.185. The number of nitrogens with zero attached hydrogens (tertiary/aromatic N) is 3. The van der Waals surface area contributed by atoms with Crippen molar-refractivity contribution in [2.75, 3.05) is 24.3 Å². The molecule has 1 saturated carbocycles. The summed E-state index contributed by atoms with van der Waals surface area (Å²) in [6.07, 6.45) is 13.3. The zero-order chi connectivity index (χ0) is 29.0. The van der Waals surface area contributed by atoms with E-state index in [0.29, 0.717) is 29.3 Å². The Morgan fingerprint density at radius 3 is 2.78 bits per heavy atom. The van der Waals surface area contributed by atoms with Crippen LogP contribution in [0.25, 0.3) is 0 Å². The number of carbonyl (C=O) groups is 2.